The number of aromatic nitrogens is 1. The van der Waals surface area contributed by atoms with Crippen molar-refractivity contribution in [2.24, 2.45) is 0 Å². The predicted octanol–water partition coefficient (Wildman–Crippen LogP) is 2.89. The number of hydrogen-bond donors (Lipinski definition) is 0. The molecule has 0 unspecified atom stereocenters. The van der Waals surface area contributed by atoms with Crippen LogP contribution in [0.25, 0.3) is 0 Å². The van der Waals surface area contributed by atoms with Crippen LogP contribution in [0.2, 0.25) is 0 Å². The van der Waals surface area contributed by atoms with E-state index in [-0.39, 0.29) is 11.9 Å². The van der Waals surface area contributed by atoms with Crippen LogP contribution in [0.15, 0.2) is 48.8 Å². The minimum atomic E-state index is 0.0480. The molecule has 1 aromatic heterocycles. The summed E-state index contributed by atoms with van der Waals surface area (Å²) in [4.78, 5) is 21.6. The lowest BCUT2D eigenvalue weighted by Gasteiger charge is -2.38. The third-order valence-corrected chi connectivity index (χ3v) is 5.58. The van der Waals surface area contributed by atoms with Gasteiger partial charge < -0.3 is 19.3 Å². The first-order valence-electron chi connectivity index (χ1n) is 10.3. The molecule has 2 aromatic rings. The fraction of sp³-hybridized carbons (Fsp3) is 0.478. The molecule has 6 heteroatoms. The van der Waals surface area contributed by atoms with E-state index in [4.69, 9.17) is 9.47 Å². The molecule has 1 aliphatic heterocycles. The summed E-state index contributed by atoms with van der Waals surface area (Å²) in [5.41, 5.74) is 1.96. The summed E-state index contributed by atoms with van der Waals surface area (Å²) in [5, 5.41) is 0. The lowest BCUT2D eigenvalue weighted by atomic mass is 10.0. The summed E-state index contributed by atoms with van der Waals surface area (Å²) in [7, 11) is 3.36. The number of amides is 1. The van der Waals surface area contributed by atoms with Gasteiger partial charge >= 0.3 is 0 Å². The van der Waals surface area contributed by atoms with Crippen LogP contribution in [0.1, 0.15) is 28.8 Å². The maximum atomic E-state index is 13.0. The Hall–Kier alpha value is -2.44. The summed E-state index contributed by atoms with van der Waals surface area (Å²) < 4.78 is 10.5. The Kier molecular flexibility index (Phi) is 8.02. The number of ether oxygens (including phenoxy) is 2. The van der Waals surface area contributed by atoms with Crippen LogP contribution in [0.5, 0.6) is 5.75 Å². The van der Waals surface area contributed by atoms with Crippen LogP contribution in [0.3, 0.4) is 0 Å². The Labute approximate surface area is 173 Å². The molecule has 0 atom stereocenters. The second-order valence-electron chi connectivity index (χ2n) is 7.40. The fourth-order valence-corrected chi connectivity index (χ4v) is 3.83. The van der Waals surface area contributed by atoms with Crippen LogP contribution in [0, 0.1) is 0 Å². The lowest BCUT2D eigenvalue weighted by Crippen LogP contribution is -2.48. The minimum Gasteiger partial charge on any atom is -0.497 e. The van der Waals surface area contributed by atoms with E-state index in [0.717, 1.165) is 44.6 Å². The highest BCUT2D eigenvalue weighted by molar-refractivity contribution is 5.94. The lowest BCUT2D eigenvalue weighted by molar-refractivity contribution is 0.0486. The number of piperidine rings is 1. The smallest absolute Gasteiger partial charge is 0.255 e. The van der Waals surface area contributed by atoms with Gasteiger partial charge in [0.25, 0.3) is 5.91 Å². The minimum absolute atomic E-state index is 0.0480. The number of pyridine rings is 1. The van der Waals surface area contributed by atoms with Gasteiger partial charge in [-0.2, -0.15) is 0 Å². The highest BCUT2D eigenvalue weighted by Crippen LogP contribution is 2.20. The van der Waals surface area contributed by atoms with Gasteiger partial charge in [-0.15, -0.1) is 0 Å². The molecule has 6 nitrogen and oxygen atoms in total. The maximum absolute atomic E-state index is 13.0. The average Bonchev–Trinajstić information content (AvgIpc) is 2.79. The number of carbonyl (C=O) groups is 1. The highest BCUT2D eigenvalue weighted by Gasteiger charge is 2.28. The molecule has 1 saturated heterocycles. The zero-order chi connectivity index (χ0) is 20.5. The van der Waals surface area contributed by atoms with E-state index in [2.05, 4.69) is 22.0 Å². The fourth-order valence-electron chi connectivity index (χ4n) is 3.83. The Balaban J connectivity index is 1.52. The molecule has 0 N–H and O–H groups in total. The zero-order valence-electron chi connectivity index (χ0n) is 17.4. The molecule has 1 fully saturated rings. The molecular formula is C23H31N3O3. The van der Waals surface area contributed by atoms with Gasteiger partial charge in [-0.05, 0) is 49.1 Å². The summed E-state index contributed by atoms with van der Waals surface area (Å²) in [6.07, 6.45) is 6.33. The normalized spacial score (nSPS) is 15.2. The van der Waals surface area contributed by atoms with E-state index in [1.54, 1.807) is 26.6 Å². The maximum Gasteiger partial charge on any atom is 0.255 e. The van der Waals surface area contributed by atoms with Crippen LogP contribution >= 0.6 is 0 Å². The third kappa shape index (κ3) is 6.02. The van der Waals surface area contributed by atoms with Crippen LogP contribution in [-0.2, 0) is 11.2 Å². The summed E-state index contributed by atoms with van der Waals surface area (Å²) >= 11 is 0. The number of methoxy groups -OCH3 is 2. The van der Waals surface area contributed by atoms with Crippen LogP contribution in [-0.4, -0.2) is 73.7 Å². The van der Waals surface area contributed by atoms with Gasteiger partial charge in [0.2, 0.25) is 0 Å². The number of likely N-dealkylation sites (tertiary alicyclic amines) is 1. The number of nitrogens with zero attached hydrogens (tertiary/aromatic N) is 3. The first-order chi connectivity index (χ1) is 14.2. The summed E-state index contributed by atoms with van der Waals surface area (Å²) in [6.45, 7) is 4.20. The molecule has 1 aliphatic rings. The predicted molar refractivity (Wildman–Crippen MR) is 113 cm³/mol. The van der Waals surface area contributed by atoms with Gasteiger partial charge in [0, 0.05) is 51.7 Å². The molecule has 1 aromatic carbocycles. The van der Waals surface area contributed by atoms with Crippen molar-refractivity contribution < 1.29 is 14.3 Å². The number of carbonyl (C=O) groups excluding carboxylic acids is 1. The van der Waals surface area contributed by atoms with E-state index in [1.807, 2.05) is 29.2 Å². The molecular weight excluding hydrogens is 366 g/mol. The second kappa shape index (κ2) is 10.9. The van der Waals surface area contributed by atoms with Crippen molar-refractivity contribution in [3.8, 4) is 5.75 Å². The first-order valence-corrected chi connectivity index (χ1v) is 10.3. The molecule has 0 spiro atoms. The van der Waals surface area contributed by atoms with E-state index in [0.29, 0.717) is 18.7 Å². The van der Waals surface area contributed by atoms with Gasteiger partial charge in [-0.1, -0.05) is 12.1 Å². The number of benzene rings is 1. The summed E-state index contributed by atoms with van der Waals surface area (Å²) in [5.74, 6) is 0.941. The Bertz CT molecular complexity index is 744. The second-order valence-corrected chi connectivity index (χ2v) is 7.40. The van der Waals surface area contributed by atoms with Crippen molar-refractivity contribution in [2.75, 3.05) is 47.0 Å². The van der Waals surface area contributed by atoms with E-state index in [1.165, 1.54) is 5.56 Å². The molecule has 0 saturated carbocycles. The Morgan fingerprint density at radius 2 is 1.93 bits per heavy atom. The standard InChI is InChI=1S/C23H31N3O3/c1-28-17-16-26(23(27)20-4-3-12-24-18-20)21-10-14-25(15-11-21)13-9-19-5-7-22(29-2)8-6-19/h3-8,12,18,21H,9-11,13-17H2,1-2H3. The first kappa shape index (κ1) is 21.3. The molecule has 0 aliphatic carbocycles. The molecule has 0 radical (unpaired) electrons. The van der Waals surface area contributed by atoms with E-state index < -0.39 is 0 Å². The average molecular weight is 398 g/mol. The molecule has 2 heterocycles. The van der Waals surface area contributed by atoms with E-state index in [9.17, 15) is 4.79 Å². The van der Waals surface area contributed by atoms with Crippen molar-refractivity contribution in [1.82, 2.24) is 14.8 Å². The van der Waals surface area contributed by atoms with Crippen molar-refractivity contribution in [2.45, 2.75) is 25.3 Å². The van der Waals surface area contributed by atoms with Crippen molar-refractivity contribution >= 4 is 5.91 Å². The molecule has 1 amide bonds. The number of hydrogen-bond acceptors (Lipinski definition) is 5. The van der Waals surface area contributed by atoms with Gasteiger partial charge in [-0.25, -0.2) is 0 Å². The topological polar surface area (TPSA) is 54.9 Å². The Morgan fingerprint density at radius 3 is 2.55 bits per heavy atom. The van der Waals surface area contributed by atoms with Crippen molar-refractivity contribution in [3.05, 3.63) is 59.9 Å². The van der Waals surface area contributed by atoms with Gasteiger partial charge in [-0.3, -0.25) is 9.78 Å². The van der Waals surface area contributed by atoms with Gasteiger partial charge in [0.05, 0.1) is 19.3 Å². The SMILES string of the molecule is COCCN(C(=O)c1cccnc1)C1CCN(CCc2ccc(OC)cc2)CC1. The monoisotopic (exact) mass is 397 g/mol. The van der Waals surface area contributed by atoms with Gasteiger partial charge in [0.15, 0.2) is 0 Å². The molecule has 156 valence electrons. The molecule has 3 rings (SSSR count). The summed E-state index contributed by atoms with van der Waals surface area (Å²) in [6, 6.07) is 12.2. The Morgan fingerprint density at radius 1 is 1.17 bits per heavy atom. The van der Waals surface area contributed by atoms with E-state index >= 15 is 0 Å². The highest BCUT2D eigenvalue weighted by atomic mass is 16.5. The largest absolute Gasteiger partial charge is 0.497 e. The molecule has 0 bridgehead atoms. The zero-order valence-corrected chi connectivity index (χ0v) is 17.4. The van der Waals surface area contributed by atoms with Crippen LogP contribution in [0.4, 0.5) is 0 Å². The number of rotatable bonds is 9. The quantitative estimate of drug-likeness (QED) is 0.651. The van der Waals surface area contributed by atoms with Crippen molar-refractivity contribution in [1.29, 1.82) is 0 Å². The van der Waals surface area contributed by atoms with Gasteiger partial charge in [0.1, 0.15) is 5.75 Å². The molecule has 29 heavy (non-hydrogen) atoms. The van der Waals surface area contributed by atoms with Crippen molar-refractivity contribution in [3.63, 3.8) is 0 Å². The third-order valence-electron chi connectivity index (χ3n) is 5.58. The van der Waals surface area contributed by atoms with Crippen LogP contribution < -0.4 is 4.74 Å².